The number of hydrogen-bond donors (Lipinski definition) is 0. The summed E-state index contributed by atoms with van der Waals surface area (Å²) in [5.74, 6) is 1.19. The normalized spacial score (nSPS) is 20.7. The Morgan fingerprint density at radius 1 is 0.844 bits per heavy atom. The van der Waals surface area contributed by atoms with Crippen LogP contribution in [0.3, 0.4) is 0 Å². The van der Waals surface area contributed by atoms with Gasteiger partial charge in [0.05, 0.1) is 16.9 Å². The van der Waals surface area contributed by atoms with Gasteiger partial charge in [-0.05, 0) is 31.4 Å². The van der Waals surface area contributed by atoms with Gasteiger partial charge in [-0.25, -0.2) is 9.97 Å². The first-order valence-electron chi connectivity index (χ1n) is 12.2. The number of nitrogens with zero attached hydrogens (tertiary/aromatic N) is 6. The number of fused-ring (bicyclic) bond motifs is 2. The largest absolute Gasteiger partial charge is 0.354 e. The number of hydrogen-bond acceptors (Lipinski definition) is 6. The van der Waals surface area contributed by atoms with Gasteiger partial charge in [-0.3, -0.25) is 14.8 Å². The molecule has 0 spiro atoms. The molecule has 0 amide bonds. The van der Waals surface area contributed by atoms with E-state index in [0.29, 0.717) is 0 Å². The van der Waals surface area contributed by atoms with Crippen LogP contribution in [0, 0.1) is 0 Å². The van der Waals surface area contributed by atoms with E-state index in [9.17, 15) is 0 Å². The van der Waals surface area contributed by atoms with E-state index in [1.54, 1.807) is 6.33 Å². The Morgan fingerprint density at radius 3 is 2.53 bits per heavy atom. The monoisotopic (exact) mass is 428 g/mol. The smallest absolute Gasteiger partial charge is 0.135 e. The van der Waals surface area contributed by atoms with Crippen molar-refractivity contribution < 1.29 is 0 Å². The lowest BCUT2D eigenvalue weighted by Crippen LogP contribution is -2.52. The molecule has 1 aliphatic carbocycles. The van der Waals surface area contributed by atoms with Gasteiger partial charge in [-0.2, -0.15) is 0 Å². The average Bonchev–Trinajstić information content (AvgIpc) is 3.01. The highest BCUT2D eigenvalue weighted by Gasteiger charge is 2.29. The number of rotatable bonds is 4. The van der Waals surface area contributed by atoms with Crippen molar-refractivity contribution in [2.45, 2.75) is 44.7 Å². The second kappa shape index (κ2) is 8.75. The highest BCUT2D eigenvalue weighted by atomic mass is 15.3. The molecule has 1 aromatic carbocycles. The second-order valence-electron chi connectivity index (χ2n) is 9.50. The van der Waals surface area contributed by atoms with Gasteiger partial charge in [0, 0.05) is 69.2 Å². The van der Waals surface area contributed by atoms with E-state index < -0.39 is 0 Å². The van der Waals surface area contributed by atoms with Crippen LogP contribution in [0.2, 0.25) is 0 Å². The molecule has 0 unspecified atom stereocenters. The maximum Gasteiger partial charge on any atom is 0.135 e. The Balaban J connectivity index is 1.14. The summed E-state index contributed by atoms with van der Waals surface area (Å²) >= 11 is 0. The lowest BCUT2D eigenvalue weighted by atomic mass is 9.91. The van der Waals surface area contributed by atoms with Gasteiger partial charge in [-0.1, -0.05) is 30.7 Å². The predicted octanol–water partition coefficient (Wildman–Crippen LogP) is 3.30. The number of benzene rings is 1. The van der Waals surface area contributed by atoms with E-state index >= 15 is 0 Å². The number of piperazine rings is 1. The third-order valence-electron chi connectivity index (χ3n) is 7.60. The maximum atomic E-state index is 4.89. The van der Waals surface area contributed by atoms with Crippen molar-refractivity contribution >= 4 is 16.7 Å². The molecule has 3 aromatic rings. The second-order valence-corrected chi connectivity index (χ2v) is 9.50. The van der Waals surface area contributed by atoms with E-state index in [0.717, 1.165) is 62.8 Å². The van der Waals surface area contributed by atoms with Crippen molar-refractivity contribution in [2.75, 3.05) is 44.2 Å². The fourth-order valence-corrected chi connectivity index (χ4v) is 5.46. The first kappa shape index (κ1) is 20.1. The quantitative estimate of drug-likeness (QED) is 0.636. The minimum Gasteiger partial charge on any atom is -0.354 e. The number of para-hydroxylation sites is 1. The zero-order valence-electron chi connectivity index (χ0n) is 18.8. The average molecular weight is 429 g/mol. The third kappa shape index (κ3) is 3.97. The van der Waals surface area contributed by atoms with Gasteiger partial charge < -0.3 is 4.90 Å². The molecule has 0 atom stereocenters. The summed E-state index contributed by atoms with van der Waals surface area (Å²) < 4.78 is 0. The van der Waals surface area contributed by atoms with E-state index in [1.165, 1.54) is 54.8 Å². The van der Waals surface area contributed by atoms with Crippen molar-refractivity contribution in [2.24, 2.45) is 0 Å². The molecule has 166 valence electrons. The van der Waals surface area contributed by atoms with E-state index in [4.69, 9.17) is 15.0 Å². The third-order valence-corrected chi connectivity index (χ3v) is 7.60. The summed E-state index contributed by atoms with van der Waals surface area (Å²) in [4.78, 5) is 22.1. The van der Waals surface area contributed by atoms with Gasteiger partial charge in [-0.15, -0.1) is 0 Å². The molecule has 0 N–H and O–H groups in total. The molecule has 1 saturated heterocycles. The van der Waals surface area contributed by atoms with Crippen molar-refractivity contribution in [3.8, 4) is 0 Å². The standard InChI is InChI=1S/C26H32N6/c1-2-7-24-20(4-1)8-9-21(29-24)18-30-12-10-23-25(11-13-30)27-19-28-26(23)32-16-14-31(15-17-32)22-5-3-6-22/h1-2,4,7-9,19,22H,3,5-6,10-18H2. The van der Waals surface area contributed by atoms with Crippen LogP contribution in [0.15, 0.2) is 42.7 Å². The molecule has 4 heterocycles. The highest BCUT2D eigenvalue weighted by molar-refractivity contribution is 5.78. The van der Waals surface area contributed by atoms with Crippen LogP contribution in [0.4, 0.5) is 5.82 Å². The molecule has 0 bridgehead atoms. The molecule has 2 aromatic heterocycles. The molecule has 2 aliphatic heterocycles. The lowest BCUT2D eigenvalue weighted by molar-refractivity contribution is 0.120. The van der Waals surface area contributed by atoms with Crippen molar-refractivity contribution in [3.05, 3.63) is 59.7 Å². The fraction of sp³-hybridized carbons (Fsp3) is 0.500. The SMILES string of the molecule is c1ccc2nc(CN3CCc4ncnc(N5CCN(C6CCC6)CC5)c4CC3)ccc2c1. The molecule has 6 rings (SSSR count). The van der Waals surface area contributed by atoms with Crippen LogP contribution in [0.5, 0.6) is 0 Å². The Hall–Kier alpha value is -2.57. The molecule has 6 nitrogen and oxygen atoms in total. The van der Waals surface area contributed by atoms with Crippen molar-refractivity contribution in [1.82, 2.24) is 24.8 Å². The Labute approximate surface area is 190 Å². The number of anilines is 1. The molecule has 1 saturated carbocycles. The minimum absolute atomic E-state index is 0.844. The summed E-state index contributed by atoms with van der Waals surface area (Å²) in [5.41, 5.74) is 4.84. The Bertz CT molecular complexity index is 1090. The van der Waals surface area contributed by atoms with E-state index in [2.05, 4.69) is 51.1 Å². The summed E-state index contributed by atoms with van der Waals surface area (Å²) in [5, 5.41) is 1.21. The maximum absolute atomic E-state index is 4.89. The van der Waals surface area contributed by atoms with Gasteiger partial charge in [0.25, 0.3) is 0 Å². The van der Waals surface area contributed by atoms with Crippen LogP contribution >= 0.6 is 0 Å². The van der Waals surface area contributed by atoms with Gasteiger partial charge in [0.15, 0.2) is 0 Å². The fourth-order valence-electron chi connectivity index (χ4n) is 5.46. The Morgan fingerprint density at radius 2 is 1.69 bits per heavy atom. The van der Waals surface area contributed by atoms with Crippen molar-refractivity contribution in [3.63, 3.8) is 0 Å². The predicted molar refractivity (Wildman–Crippen MR) is 128 cm³/mol. The van der Waals surface area contributed by atoms with Gasteiger partial charge >= 0.3 is 0 Å². The molecule has 3 aliphatic rings. The minimum atomic E-state index is 0.844. The molecule has 2 fully saturated rings. The van der Waals surface area contributed by atoms with Gasteiger partial charge in [0.1, 0.15) is 12.1 Å². The van der Waals surface area contributed by atoms with Crippen LogP contribution in [-0.4, -0.2) is 70.1 Å². The first-order valence-corrected chi connectivity index (χ1v) is 12.2. The summed E-state index contributed by atoms with van der Waals surface area (Å²) in [7, 11) is 0. The van der Waals surface area contributed by atoms with Crippen molar-refractivity contribution in [1.29, 1.82) is 0 Å². The topological polar surface area (TPSA) is 48.4 Å². The summed E-state index contributed by atoms with van der Waals surface area (Å²) in [6, 6.07) is 13.6. The van der Waals surface area contributed by atoms with E-state index in [-0.39, 0.29) is 0 Å². The molecule has 32 heavy (non-hydrogen) atoms. The first-order chi connectivity index (χ1) is 15.8. The van der Waals surface area contributed by atoms with Crippen LogP contribution in [0.1, 0.15) is 36.2 Å². The van der Waals surface area contributed by atoms with Crippen LogP contribution in [0.25, 0.3) is 10.9 Å². The molecular weight excluding hydrogens is 396 g/mol. The van der Waals surface area contributed by atoms with Gasteiger partial charge in [0.2, 0.25) is 0 Å². The Kier molecular flexibility index (Phi) is 5.49. The van der Waals surface area contributed by atoms with Crippen LogP contribution in [-0.2, 0) is 19.4 Å². The number of aromatic nitrogens is 3. The zero-order valence-corrected chi connectivity index (χ0v) is 18.8. The summed E-state index contributed by atoms with van der Waals surface area (Å²) in [6.45, 7) is 7.46. The highest BCUT2D eigenvalue weighted by Crippen LogP contribution is 2.29. The van der Waals surface area contributed by atoms with Crippen LogP contribution < -0.4 is 4.90 Å². The molecule has 0 radical (unpaired) electrons. The van der Waals surface area contributed by atoms with E-state index in [1.807, 2.05) is 0 Å². The zero-order chi connectivity index (χ0) is 21.3. The summed E-state index contributed by atoms with van der Waals surface area (Å²) in [6.07, 6.45) is 7.99. The number of pyridine rings is 1. The lowest BCUT2D eigenvalue weighted by Gasteiger charge is -2.43. The molecular formula is C26H32N6. The molecule has 6 heteroatoms.